The van der Waals surface area contributed by atoms with Crippen molar-refractivity contribution < 1.29 is 0 Å². The molecule has 1 aliphatic carbocycles. The van der Waals surface area contributed by atoms with Crippen LogP contribution in [0.15, 0.2) is 35.7 Å². The maximum Gasteiger partial charge on any atom is 0.101 e. The summed E-state index contributed by atoms with van der Waals surface area (Å²) in [5, 5.41) is 23.6. The summed E-state index contributed by atoms with van der Waals surface area (Å²) in [7, 11) is 0. The summed E-state index contributed by atoms with van der Waals surface area (Å²) >= 11 is 1.76. The Balaban J connectivity index is 1.86. The number of nitrogens with zero attached hydrogens (tertiary/aromatic N) is 2. The fourth-order valence-electron chi connectivity index (χ4n) is 2.32. The number of hydrogen-bond donors (Lipinski definition) is 1. The second-order valence-electron chi connectivity index (χ2n) is 4.96. The van der Waals surface area contributed by atoms with Crippen molar-refractivity contribution in [2.45, 2.75) is 18.9 Å². The first kappa shape index (κ1) is 12.7. The lowest BCUT2D eigenvalue weighted by molar-refractivity contribution is 0.691. The number of nitriles is 2. The van der Waals surface area contributed by atoms with Gasteiger partial charge in [0.25, 0.3) is 0 Å². The molecule has 1 fully saturated rings. The molecule has 2 aromatic rings. The molecule has 0 radical (unpaired) electrons. The van der Waals surface area contributed by atoms with E-state index in [1.807, 2.05) is 12.1 Å². The van der Waals surface area contributed by atoms with Crippen molar-refractivity contribution >= 4 is 17.0 Å². The predicted octanol–water partition coefficient (Wildman–Crippen LogP) is 4.05. The maximum atomic E-state index is 9.09. The summed E-state index contributed by atoms with van der Waals surface area (Å²) < 4.78 is 0. The van der Waals surface area contributed by atoms with Gasteiger partial charge in [-0.05, 0) is 48.4 Å². The quantitative estimate of drug-likeness (QED) is 0.918. The lowest BCUT2D eigenvalue weighted by Gasteiger charge is -2.18. The van der Waals surface area contributed by atoms with Gasteiger partial charge < -0.3 is 5.32 Å². The highest BCUT2D eigenvalue weighted by Crippen LogP contribution is 2.44. The molecule has 98 valence electrons. The van der Waals surface area contributed by atoms with Crippen LogP contribution in [0.3, 0.4) is 0 Å². The van der Waals surface area contributed by atoms with Crippen LogP contribution in [0.4, 0.5) is 5.69 Å². The Kier molecular flexibility index (Phi) is 3.41. The largest absolute Gasteiger partial charge is 0.377 e. The molecule has 0 spiro atoms. The van der Waals surface area contributed by atoms with E-state index in [-0.39, 0.29) is 0 Å². The highest BCUT2D eigenvalue weighted by Gasteiger charge is 2.32. The Hall–Kier alpha value is -2.30. The molecule has 3 nitrogen and oxygen atoms in total. The Labute approximate surface area is 122 Å². The van der Waals surface area contributed by atoms with Crippen molar-refractivity contribution in [1.29, 1.82) is 10.5 Å². The zero-order valence-corrected chi connectivity index (χ0v) is 11.7. The molecule has 0 aliphatic heterocycles. The van der Waals surface area contributed by atoms with E-state index < -0.39 is 0 Å². The average molecular weight is 279 g/mol. The average Bonchev–Trinajstić information content (AvgIpc) is 3.18. The van der Waals surface area contributed by atoms with E-state index in [4.69, 9.17) is 10.5 Å². The first-order valence-electron chi connectivity index (χ1n) is 6.56. The van der Waals surface area contributed by atoms with Crippen molar-refractivity contribution in [2.75, 3.05) is 5.32 Å². The van der Waals surface area contributed by atoms with Crippen molar-refractivity contribution in [3.63, 3.8) is 0 Å². The zero-order valence-electron chi connectivity index (χ0n) is 10.8. The molecule has 1 unspecified atom stereocenters. The van der Waals surface area contributed by atoms with Gasteiger partial charge in [0, 0.05) is 10.6 Å². The first-order valence-corrected chi connectivity index (χ1v) is 7.44. The predicted molar refractivity (Wildman–Crippen MR) is 79.3 cm³/mol. The summed E-state index contributed by atoms with van der Waals surface area (Å²) in [4.78, 5) is 1.33. The molecule has 1 N–H and O–H groups in total. The van der Waals surface area contributed by atoms with Gasteiger partial charge in [-0.3, -0.25) is 0 Å². The molecule has 0 bridgehead atoms. The van der Waals surface area contributed by atoms with E-state index in [9.17, 15) is 0 Å². The van der Waals surface area contributed by atoms with Gasteiger partial charge >= 0.3 is 0 Å². The molecular formula is C16H13N3S. The zero-order chi connectivity index (χ0) is 13.9. The molecule has 1 atom stereocenters. The van der Waals surface area contributed by atoms with Crippen molar-refractivity contribution in [1.82, 2.24) is 0 Å². The third-order valence-electron chi connectivity index (χ3n) is 3.53. The van der Waals surface area contributed by atoms with Crippen LogP contribution in [-0.2, 0) is 0 Å². The standard InChI is InChI=1S/C16H13N3S/c17-9-12-5-6-14(8-13(12)10-18)19-16(11-3-4-11)15-2-1-7-20-15/h1-2,5-8,11,16,19H,3-4H2. The Morgan fingerprint density at radius 3 is 2.55 bits per heavy atom. The van der Waals surface area contributed by atoms with E-state index in [0.29, 0.717) is 23.1 Å². The molecule has 0 amide bonds. The third-order valence-corrected chi connectivity index (χ3v) is 4.48. The van der Waals surface area contributed by atoms with E-state index in [0.717, 1.165) is 5.69 Å². The highest BCUT2D eigenvalue weighted by atomic mass is 32.1. The van der Waals surface area contributed by atoms with Gasteiger partial charge in [-0.25, -0.2) is 0 Å². The summed E-state index contributed by atoms with van der Waals surface area (Å²) in [6.07, 6.45) is 2.49. The van der Waals surface area contributed by atoms with E-state index in [1.165, 1.54) is 17.7 Å². The number of hydrogen-bond acceptors (Lipinski definition) is 4. The minimum atomic E-state index is 0.314. The highest BCUT2D eigenvalue weighted by molar-refractivity contribution is 7.10. The fraction of sp³-hybridized carbons (Fsp3) is 0.250. The monoisotopic (exact) mass is 279 g/mol. The normalized spacial score (nSPS) is 15.1. The van der Waals surface area contributed by atoms with Crippen LogP contribution in [-0.4, -0.2) is 0 Å². The van der Waals surface area contributed by atoms with Gasteiger partial charge in [0.2, 0.25) is 0 Å². The Bertz CT molecular complexity index is 687. The SMILES string of the molecule is N#Cc1ccc(NC(c2cccs2)C2CC2)cc1C#N. The molecule has 1 aromatic heterocycles. The second-order valence-corrected chi connectivity index (χ2v) is 5.94. The Morgan fingerprint density at radius 2 is 1.95 bits per heavy atom. The van der Waals surface area contributed by atoms with Gasteiger partial charge in [0.15, 0.2) is 0 Å². The smallest absolute Gasteiger partial charge is 0.101 e. The molecule has 0 saturated heterocycles. The van der Waals surface area contributed by atoms with Crippen LogP contribution in [0.2, 0.25) is 0 Å². The summed E-state index contributed by atoms with van der Waals surface area (Å²) in [5.41, 5.74) is 1.77. The fourth-order valence-corrected chi connectivity index (χ4v) is 3.19. The number of anilines is 1. The van der Waals surface area contributed by atoms with E-state index >= 15 is 0 Å². The first-order chi connectivity index (χ1) is 9.81. The molecule has 1 aromatic carbocycles. The van der Waals surface area contributed by atoms with Gasteiger partial charge in [0.1, 0.15) is 12.1 Å². The van der Waals surface area contributed by atoms with Gasteiger partial charge in [-0.1, -0.05) is 6.07 Å². The van der Waals surface area contributed by atoms with E-state index in [2.05, 4.69) is 28.9 Å². The second kappa shape index (κ2) is 5.36. The van der Waals surface area contributed by atoms with Crippen LogP contribution in [0, 0.1) is 28.6 Å². The van der Waals surface area contributed by atoms with Crippen LogP contribution < -0.4 is 5.32 Å². The number of nitrogens with one attached hydrogen (secondary N) is 1. The molecule has 3 rings (SSSR count). The van der Waals surface area contributed by atoms with Crippen molar-refractivity contribution in [3.05, 3.63) is 51.7 Å². The van der Waals surface area contributed by atoms with Gasteiger partial charge in [0.05, 0.1) is 17.2 Å². The molecule has 1 aliphatic rings. The topological polar surface area (TPSA) is 59.6 Å². The van der Waals surface area contributed by atoms with Gasteiger partial charge in [-0.2, -0.15) is 10.5 Å². The lowest BCUT2D eigenvalue weighted by Crippen LogP contribution is -2.11. The molecular weight excluding hydrogens is 266 g/mol. The third kappa shape index (κ3) is 2.52. The van der Waals surface area contributed by atoms with Gasteiger partial charge in [-0.15, -0.1) is 11.3 Å². The van der Waals surface area contributed by atoms with Crippen LogP contribution in [0.1, 0.15) is 34.9 Å². The molecule has 4 heteroatoms. The van der Waals surface area contributed by atoms with Crippen LogP contribution in [0.5, 0.6) is 0 Å². The Morgan fingerprint density at radius 1 is 1.15 bits per heavy atom. The summed E-state index contributed by atoms with van der Waals surface area (Å²) in [6.45, 7) is 0. The molecule has 1 saturated carbocycles. The van der Waals surface area contributed by atoms with Crippen molar-refractivity contribution in [3.8, 4) is 12.1 Å². The van der Waals surface area contributed by atoms with Crippen LogP contribution >= 0.6 is 11.3 Å². The number of benzene rings is 1. The number of thiophene rings is 1. The minimum Gasteiger partial charge on any atom is -0.377 e. The molecule has 20 heavy (non-hydrogen) atoms. The summed E-state index contributed by atoms with van der Waals surface area (Å²) in [5.74, 6) is 0.676. The molecule has 1 heterocycles. The maximum absolute atomic E-state index is 9.09. The number of rotatable bonds is 4. The van der Waals surface area contributed by atoms with Crippen molar-refractivity contribution in [2.24, 2.45) is 5.92 Å². The van der Waals surface area contributed by atoms with Crippen LogP contribution in [0.25, 0.3) is 0 Å². The minimum absolute atomic E-state index is 0.314. The lowest BCUT2D eigenvalue weighted by atomic mass is 10.1. The summed E-state index contributed by atoms with van der Waals surface area (Å²) in [6, 6.07) is 14.0. The van der Waals surface area contributed by atoms with E-state index in [1.54, 1.807) is 23.5 Å².